The van der Waals surface area contributed by atoms with Crippen LogP contribution in [-0.2, 0) is 5.60 Å². The zero-order chi connectivity index (χ0) is 12.5. The van der Waals surface area contributed by atoms with E-state index in [-0.39, 0.29) is 0 Å². The Labute approximate surface area is 101 Å². The SMILES string of the molecule is CNCCC(C)(O)c1cc2cc(C)ccc2o1. The van der Waals surface area contributed by atoms with Crippen LogP contribution < -0.4 is 5.32 Å². The van der Waals surface area contributed by atoms with E-state index in [1.54, 1.807) is 6.92 Å². The highest BCUT2D eigenvalue weighted by Crippen LogP contribution is 2.30. The number of benzene rings is 1. The van der Waals surface area contributed by atoms with E-state index in [2.05, 4.69) is 11.4 Å². The van der Waals surface area contributed by atoms with Crippen LogP contribution in [0.1, 0.15) is 24.7 Å². The van der Waals surface area contributed by atoms with Crippen LogP contribution >= 0.6 is 0 Å². The van der Waals surface area contributed by atoms with Gasteiger partial charge in [-0.15, -0.1) is 0 Å². The van der Waals surface area contributed by atoms with E-state index in [4.69, 9.17) is 4.42 Å². The van der Waals surface area contributed by atoms with Crippen molar-refractivity contribution in [1.29, 1.82) is 0 Å². The van der Waals surface area contributed by atoms with Gasteiger partial charge in [-0.05, 0) is 52.1 Å². The largest absolute Gasteiger partial charge is 0.458 e. The second kappa shape index (κ2) is 4.51. The van der Waals surface area contributed by atoms with Crippen LogP contribution in [0.2, 0.25) is 0 Å². The summed E-state index contributed by atoms with van der Waals surface area (Å²) in [6.45, 7) is 4.59. The first kappa shape index (κ1) is 12.1. The van der Waals surface area contributed by atoms with E-state index < -0.39 is 5.60 Å². The number of fused-ring (bicyclic) bond motifs is 1. The van der Waals surface area contributed by atoms with Crippen molar-refractivity contribution in [3.05, 3.63) is 35.6 Å². The number of furan rings is 1. The Morgan fingerprint density at radius 1 is 1.35 bits per heavy atom. The molecule has 2 N–H and O–H groups in total. The summed E-state index contributed by atoms with van der Waals surface area (Å²) in [5.74, 6) is 0.633. The summed E-state index contributed by atoms with van der Waals surface area (Å²) in [6.07, 6.45) is 0.627. The Morgan fingerprint density at radius 3 is 2.82 bits per heavy atom. The molecule has 3 heteroatoms. The van der Waals surface area contributed by atoms with Crippen LogP contribution in [0.5, 0.6) is 0 Å². The molecule has 3 nitrogen and oxygen atoms in total. The molecule has 0 saturated carbocycles. The summed E-state index contributed by atoms with van der Waals surface area (Å²) in [5, 5.41) is 14.4. The molecular formula is C14H19NO2. The molecule has 0 aliphatic carbocycles. The van der Waals surface area contributed by atoms with E-state index in [1.807, 2.05) is 32.2 Å². The molecule has 0 spiro atoms. The molecule has 0 radical (unpaired) electrons. The number of hydrogen-bond donors (Lipinski definition) is 2. The van der Waals surface area contributed by atoms with Crippen molar-refractivity contribution in [3.8, 4) is 0 Å². The lowest BCUT2D eigenvalue weighted by Crippen LogP contribution is -2.25. The molecule has 0 aliphatic heterocycles. The van der Waals surface area contributed by atoms with Crippen molar-refractivity contribution in [2.24, 2.45) is 0 Å². The zero-order valence-electron chi connectivity index (χ0n) is 10.6. The molecular weight excluding hydrogens is 214 g/mol. The molecule has 1 heterocycles. The molecule has 1 unspecified atom stereocenters. The Morgan fingerprint density at radius 2 is 2.12 bits per heavy atom. The van der Waals surface area contributed by atoms with Gasteiger partial charge in [0.25, 0.3) is 0 Å². The van der Waals surface area contributed by atoms with Crippen molar-refractivity contribution in [3.63, 3.8) is 0 Å². The Bertz CT molecular complexity index is 514. The maximum Gasteiger partial charge on any atom is 0.136 e. The van der Waals surface area contributed by atoms with Crippen LogP contribution in [0.15, 0.2) is 28.7 Å². The maximum absolute atomic E-state index is 10.4. The fourth-order valence-electron chi connectivity index (χ4n) is 1.92. The second-order valence-electron chi connectivity index (χ2n) is 4.78. The van der Waals surface area contributed by atoms with Gasteiger partial charge in [-0.2, -0.15) is 0 Å². The van der Waals surface area contributed by atoms with Crippen LogP contribution in [-0.4, -0.2) is 18.7 Å². The normalized spacial score (nSPS) is 15.1. The van der Waals surface area contributed by atoms with Gasteiger partial charge in [0.1, 0.15) is 16.9 Å². The Balaban J connectivity index is 2.35. The topological polar surface area (TPSA) is 45.4 Å². The summed E-state index contributed by atoms with van der Waals surface area (Å²) in [5.41, 5.74) is 1.10. The highest BCUT2D eigenvalue weighted by Gasteiger charge is 2.26. The summed E-state index contributed by atoms with van der Waals surface area (Å²) in [6, 6.07) is 7.95. The third-order valence-electron chi connectivity index (χ3n) is 3.06. The minimum Gasteiger partial charge on any atom is -0.458 e. The molecule has 0 saturated heterocycles. The first-order valence-corrected chi connectivity index (χ1v) is 5.90. The summed E-state index contributed by atoms with van der Waals surface area (Å²) < 4.78 is 5.71. The third kappa shape index (κ3) is 2.51. The quantitative estimate of drug-likeness (QED) is 0.853. The lowest BCUT2D eigenvalue weighted by molar-refractivity contribution is 0.0276. The van der Waals surface area contributed by atoms with Crippen LogP contribution in [0.4, 0.5) is 0 Å². The summed E-state index contributed by atoms with van der Waals surface area (Å²) in [4.78, 5) is 0. The molecule has 17 heavy (non-hydrogen) atoms. The van der Waals surface area contributed by atoms with Gasteiger partial charge < -0.3 is 14.8 Å². The molecule has 0 aliphatic rings. The molecule has 0 bridgehead atoms. The van der Waals surface area contributed by atoms with Gasteiger partial charge in [0.05, 0.1) is 0 Å². The summed E-state index contributed by atoms with van der Waals surface area (Å²) in [7, 11) is 1.87. The number of hydrogen-bond acceptors (Lipinski definition) is 3. The molecule has 92 valence electrons. The van der Waals surface area contributed by atoms with Gasteiger partial charge in [-0.25, -0.2) is 0 Å². The predicted octanol–water partition coefficient (Wildman–Crippen LogP) is 2.56. The van der Waals surface area contributed by atoms with E-state index in [1.165, 1.54) is 5.56 Å². The van der Waals surface area contributed by atoms with Crippen molar-refractivity contribution in [1.82, 2.24) is 5.32 Å². The average molecular weight is 233 g/mol. The van der Waals surface area contributed by atoms with Gasteiger partial charge >= 0.3 is 0 Å². The monoisotopic (exact) mass is 233 g/mol. The molecule has 2 aromatic rings. The van der Waals surface area contributed by atoms with E-state index in [0.29, 0.717) is 12.2 Å². The molecule has 2 rings (SSSR count). The smallest absolute Gasteiger partial charge is 0.136 e. The first-order chi connectivity index (χ1) is 8.03. The average Bonchev–Trinajstić information content (AvgIpc) is 2.70. The Hall–Kier alpha value is -1.32. The maximum atomic E-state index is 10.4. The fourth-order valence-corrected chi connectivity index (χ4v) is 1.92. The van der Waals surface area contributed by atoms with Gasteiger partial charge in [0.15, 0.2) is 0 Å². The van der Waals surface area contributed by atoms with E-state index >= 15 is 0 Å². The summed E-state index contributed by atoms with van der Waals surface area (Å²) >= 11 is 0. The van der Waals surface area contributed by atoms with Gasteiger partial charge in [-0.3, -0.25) is 0 Å². The van der Waals surface area contributed by atoms with Crippen molar-refractivity contribution in [2.75, 3.05) is 13.6 Å². The lowest BCUT2D eigenvalue weighted by atomic mass is 9.99. The van der Waals surface area contributed by atoms with E-state index in [9.17, 15) is 5.11 Å². The highest BCUT2D eigenvalue weighted by molar-refractivity contribution is 5.78. The van der Waals surface area contributed by atoms with Crippen LogP contribution in [0.3, 0.4) is 0 Å². The first-order valence-electron chi connectivity index (χ1n) is 5.90. The molecule has 1 atom stereocenters. The molecule has 0 fully saturated rings. The second-order valence-corrected chi connectivity index (χ2v) is 4.78. The minimum absolute atomic E-state index is 0.627. The molecule has 0 amide bonds. The number of rotatable bonds is 4. The fraction of sp³-hybridized carbons (Fsp3) is 0.429. The standard InChI is InChI=1S/C14H19NO2/c1-10-4-5-12-11(8-10)9-13(17-12)14(2,16)6-7-15-3/h4-5,8-9,15-16H,6-7H2,1-3H3. The third-order valence-corrected chi connectivity index (χ3v) is 3.06. The van der Waals surface area contributed by atoms with E-state index in [0.717, 1.165) is 17.5 Å². The van der Waals surface area contributed by atoms with Gasteiger partial charge in [0, 0.05) is 5.39 Å². The highest BCUT2D eigenvalue weighted by atomic mass is 16.4. The Kier molecular flexibility index (Phi) is 3.22. The van der Waals surface area contributed by atoms with Crippen molar-refractivity contribution >= 4 is 11.0 Å². The van der Waals surface area contributed by atoms with Crippen molar-refractivity contribution < 1.29 is 9.52 Å². The van der Waals surface area contributed by atoms with Crippen molar-refractivity contribution in [2.45, 2.75) is 25.9 Å². The number of aliphatic hydroxyl groups is 1. The van der Waals surface area contributed by atoms with Gasteiger partial charge in [0.2, 0.25) is 0 Å². The van der Waals surface area contributed by atoms with Crippen LogP contribution in [0, 0.1) is 6.92 Å². The number of aryl methyl sites for hydroxylation is 1. The minimum atomic E-state index is -0.921. The zero-order valence-corrected chi connectivity index (χ0v) is 10.6. The van der Waals surface area contributed by atoms with Gasteiger partial charge in [-0.1, -0.05) is 11.6 Å². The number of nitrogens with one attached hydrogen (secondary N) is 1. The molecule has 1 aromatic heterocycles. The predicted molar refractivity (Wildman–Crippen MR) is 69.1 cm³/mol. The molecule has 1 aromatic carbocycles. The van der Waals surface area contributed by atoms with Crippen LogP contribution in [0.25, 0.3) is 11.0 Å². The lowest BCUT2D eigenvalue weighted by Gasteiger charge is -2.20.